The molecule has 2 heteroatoms. The number of ether oxygens (including phenoxy) is 1. The van der Waals surface area contributed by atoms with Crippen molar-refractivity contribution in [2.24, 2.45) is 0 Å². The van der Waals surface area contributed by atoms with E-state index in [1.807, 2.05) is 31.2 Å². The van der Waals surface area contributed by atoms with Gasteiger partial charge in [-0.3, -0.25) is 0 Å². The molecule has 2 nitrogen and oxygen atoms in total. The van der Waals surface area contributed by atoms with Crippen molar-refractivity contribution >= 4 is 0 Å². The molecule has 0 aliphatic carbocycles. The van der Waals surface area contributed by atoms with Gasteiger partial charge in [0.05, 0.1) is 0 Å². The Kier molecular flexibility index (Phi) is 5.23. The average molecular weight is 233 g/mol. The Balaban J connectivity index is 2.53. The first-order valence-electron chi connectivity index (χ1n) is 6.09. The molecule has 0 aromatic heterocycles. The number of hydrogen-bond acceptors (Lipinski definition) is 2. The van der Waals surface area contributed by atoms with Gasteiger partial charge in [0, 0.05) is 12.1 Å². The van der Waals surface area contributed by atoms with Crippen LogP contribution in [0.15, 0.2) is 36.4 Å². The molecule has 0 amide bonds. The summed E-state index contributed by atoms with van der Waals surface area (Å²) in [7, 11) is 0. The molecule has 0 aliphatic heterocycles. The maximum atomic E-state index is 5.60. The number of rotatable bonds is 5. The fourth-order valence-electron chi connectivity index (χ4n) is 1.35. The molecule has 0 atom stereocenters. The standard InChI is InChI=1S/C15H23NO/c1-5-6-10-17-14-9-7-8-13(11-14)12-16-15(2,3)4/h5-9,11,16H,10,12H2,1-4H3. The first kappa shape index (κ1) is 13.8. The number of benzene rings is 1. The molecule has 17 heavy (non-hydrogen) atoms. The summed E-state index contributed by atoms with van der Waals surface area (Å²) in [6, 6.07) is 8.22. The van der Waals surface area contributed by atoms with Gasteiger partial charge in [-0.2, -0.15) is 0 Å². The predicted molar refractivity (Wildman–Crippen MR) is 73.3 cm³/mol. The smallest absolute Gasteiger partial charge is 0.120 e. The van der Waals surface area contributed by atoms with Crippen molar-refractivity contribution in [3.05, 3.63) is 42.0 Å². The van der Waals surface area contributed by atoms with Gasteiger partial charge in [0.25, 0.3) is 0 Å². The lowest BCUT2D eigenvalue weighted by Gasteiger charge is -2.20. The Bertz CT molecular complexity index is 363. The highest BCUT2D eigenvalue weighted by atomic mass is 16.5. The molecule has 0 radical (unpaired) electrons. The average Bonchev–Trinajstić information content (AvgIpc) is 2.27. The summed E-state index contributed by atoms with van der Waals surface area (Å²) in [6.45, 7) is 9.99. The molecule has 0 saturated heterocycles. The summed E-state index contributed by atoms with van der Waals surface area (Å²) in [4.78, 5) is 0. The zero-order chi connectivity index (χ0) is 12.7. The summed E-state index contributed by atoms with van der Waals surface area (Å²) in [5.41, 5.74) is 1.39. The molecular formula is C15H23NO. The van der Waals surface area contributed by atoms with Crippen LogP contribution < -0.4 is 10.1 Å². The molecule has 0 spiro atoms. The minimum absolute atomic E-state index is 0.141. The van der Waals surface area contributed by atoms with Crippen LogP contribution in [0.2, 0.25) is 0 Å². The Morgan fingerprint density at radius 3 is 2.71 bits per heavy atom. The van der Waals surface area contributed by atoms with E-state index in [0.717, 1.165) is 12.3 Å². The fourth-order valence-corrected chi connectivity index (χ4v) is 1.35. The first-order valence-corrected chi connectivity index (χ1v) is 6.09. The molecule has 1 aromatic rings. The van der Waals surface area contributed by atoms with Crippen LogP contribution in [0.25, 0.3) is 0 Å². The number of allylic oxidation sites excluding steroid dienone is 1. The van der Waals surface area contributed by atoms with Gasteiger partial charge in [0.2, 0.25) is 0 Å². The normalized spacial score (nSPS) is 12.0. The van der Waals surface area contributed by atoms with Gasteiger partial charge in [-0.15, -0.1) is 0 Å². The SMILES string of the molecule is CC=CCOc1cccc(CNC(C)(C)C)c1. The number of nitrogens with one attached hydrogen (secondary N) is 1. The minimum Gasteiger partial charge on any atom is -0.490 e. The number of hydrogen-bond donors (Lipinski definition) is 1. The van der Waals surface area contributed by atoms with Gasteiger partial charge in [0.1, 0.15) is 12.4 Å². The van der Waals surface area contributed by atoms with Crippen LogP contribution in [0.3, 0.4) is 0 Å². The second-order valence-corrected chi connectivity index (χ2v) is 5.13. The molecule has 0 unspecified atom stereocenters. The summed E-state index contributed by atoms with van der Waals surface area (Å²) in [5, 5.41) is 3.46. The van der Waals surface area contributed by atoms with Crippen molar-refractivity contribution in [3.63, 3.8) is 0 Å². The van der Waals surface area contributed by atoms with E-state index in [0.29, 0.717) is 6.61 Å². The van der Waals surface area contributed by atoms with Crippen LogP contribution in [0.1, 0.15) is 33.3 Å². The Morgan fingerprint density at radius 2 is 2.06 bits per heavy atom. The molecule has 0 fully saturated rings. The monoisotopic (exact) mass is 233 g/mol. The molecule has 1 aromatic carbocycles. The van der Waals surface area contributed by atoms with Gasteiger partial charge in [-0.25, -0.2) is 0 Å². The van der Waals surface area contributed by atoms with E-state index in [1.54, 1.807) is 0 Å². The maximum absolute atomic E-state index is 5.60. The van der Waals surface area contributed by atoms with E-state index in [1.165, 1.54) is 5.56 Å². The Morgan fingerprint density at radius 1 is 1.29 bits per heavy atom. The highest BCUT2D eigenvalue weighted by Gasteiger charge is 2.08. The van der Waals surface area contributed by atoms with Crippen LogP contribution >= 0.6 is 0 Å². The molecule has 0 saturated carbocycles. The van der Waals surface area contributed by atoms with Crippen molar-refractivity contribution in [3.8, 4) is 5.75 Å². The first-order chi connectivity index (χ1) is 8.01. The van der Waals surface area contributed by atoms with Gasteiger partial charge in [-0.05, 0) is 45.4 Å². The van der Waals surface area contributed by atoms with Crippen molar-refractivity contribution < 1.29 is 4.74 Å². The lowest BCUT2D eigenvalue weighted by molar-refractivity contribution is 0.361. The van der Waals surface area contributed by atoms with Crippen LogP contribution in [0, 0.1) is 0 Å². The van der Waals surface area contributed by atoms with E-state index in [-0.39, 0.29) is 5.54 Å². The third-order valence-corrected chi connectivity index (χ3v) is 2.30. The zero-order valence-electron chi connectivity index (χ0n) is 11.3. The summed E-state index contributed by atoms with van der Waals surface area (Å²) >= 11 is 0. The quantitative estimate of drug-likeness (QED) is 0.786. The highest BCUT2D eigenvalue weighted by Crippen LogP contribution is 2.14. The molecule has 94 valence electrons. The molecule has 0 heterocycles. The van der Waals surface area contributed by atoms with Gasteiger partial charge in [0.15, 0.2) is 0 Å². The van der Waals surface area contributed by atoms with E-state index >= 15 is 0 Å². The van der Waals surface area contributed by atoms with E-state index in [2.05, 4.69) is 38.2 Å². The predicted octanol–water partition coefficient (Wildman–Crippen LogP) is 3.53. The van der Waals surface area contributed by atoms with Gasteiger partial charge >= 0.3 is 0 Å². The molecule has 1 rings (SSSR count). The van der Waals surface area contributed by atoms with Crippen LogP contribution in [0.4, 0.5) is 0 Å². The summed E-state index contributed by atoms with van der Waals surface area (Å²) in [6.07, 6.45) is 3.99. The van der Waals surface area contributed by atoms with Crippen molar-refractivity contribution in [1.29, 1.82) is 0 Å². The van der Waals surface area contributed by atoms with Crippen LogP contribution in [0.5, 0.6) is 5.75 Å². The molecule has 1 N–H and O–H groups in total. The Hall–Kier alpha value is -1.28. The zero-order valence-corrected chi connectivity index (χ0v) is 11.3. The van der Waals surface area contributed by atoms with Crippen molar-refractivity contribution in [2.45, 2.75) is 39.8 Å². The van der Waals surface area contributed by atoms with Crippen molar-refractivity contribution in [1.82, 2.24) is 5.32 Å². The lowest BCUT2D eigenvalue weighted by atomic mass is 10.1. The summed E-state index contributed by atoms with van der Waals surface area (Å²) < 4.78 is 5.60. The second-order valence-electron chi connectivity index (χ2n) is 5.13. The van der Waals surface area contributed by atoms with E-state index in [9.17, 15) is 0 Å². The molecule has 0 bridgehead atoms. The van der Waals surface area contributed by atoms with Crippen LogP contribution in [-0.2, 0) is 6.54 Å². The minimum atomic E-state index is 0.141. The molecular weight excluding hydrogens is 210 g/mol. The molecule has 0 aliphatic rings. The fraction of sp³-hybridized carbons (Fsp3) is 0.467. The second kappa shape index (κ2) is 6.45. The van der Waals surface area contributed by atoms with Crippen molar-refractivity contribution in [2.75, 3.05) is 6.61 Å². The lowest BCUT2D eigenvalue weighted by Crippen LogP contribution is -2.35. The van der Waals surface area contributed by atoms with E-state index < -0.39 is 0 Å². The largest absolute Gasteiger partial charge is 0.490 e. The van der Waals surface area contributed by atoms with E-state index in [4.69, 9.17) is 4.74 Å². The van der Waals surface area contributed by atoms with Gasteiger partial charge < -0.3 is 10.1 Å². The van der Waals surface area contributed by atoms with Crippen LogP contribution in [-0.4, -0.2) is 12.1 Å². The maximum Gasteiger partial charge on any atom is 0.120 e. The third-order valence-electron chi connectivity index (χ3n) is 2.30. The third kappa shape index (κ3) is 6.12. The topological polar surface area (TPSA) is 21.3 Å². The summed E-state index contributed by atoms with van der Waals surface area (Å²) in [5.74, 6) is 0.927. The highest BCUT2D eigenvalue weighted by molar-refractivity contribution is 5.28. The Labute approximate surface area is 105 Å². The van der Waals surface area contributed by atoms with Gasteiger partial charge in [-0.1, -0.05) is 24.3 Å².